The predicted molar refractivity (Wildman–Crippen MR) is 108 cm³/mol. The SMILES string of the molecule is CCC(C)c1ccc(NC(N)=NCc2ccc(S(C)(=O)=O)c(C)c2)cc1. The number of hydrogen-bond donors (Lipinski definition) is 2. The van der Waals surface area contributed by atoms with Gasteiger partial charge < -0.3 is 11.1 Å². The van der Waals surface area contributed by atoms with Crippen LogP contribution < -0.4 is 11.1 Å². The lowest BCUT2D eigenvalue weighted by molar-refractivity contribution is 0.601. The van der Waals surface area contributed by atoms with Crippen molar-refractivity contribution in [2.45, 2.75) is 44.6 Å². The minimum absolute atomic E-state index is 0.325. The van der Waals surface area contributed by atoms with Gasteiger partial charge in [-0.3, -0.25) is 0 Å². The third-order valence-electron chi connectivity index (χ3n) is 4.44. The quantitative estimate of drug-likeness (QED) is 0.595. The summed E-state index contributed by atoms with van der Waals surface area (Å²) in [5, 5.41) is 3.08. The molecule has 0 saturated carbocycles. The number of nitrogens with two attached hydrogens (primary N) is 1. The Bertz CT molecular complexity index is 888. The fourth-order valence-electron chi connectivity index (χ4n) is 2.72. The van der Waals surface area contributed by atoms with Gasteiger partial charge in [-0.25, -0.2) is 13.4 Å². The van der Waals surface area contributed by atoms with E-state index in [4.69, 9.17) is 5.73 Å². The van der Waals surface area contributed by atoms with Crippen molar-refractivity contribution in [3.8, 4) is 0 Å². The van der Waals surface area contributed by atoms with Gasteiger partial charge in [0.1, 0.15) is 0 Å². The highest BCUT2D eigenvalue weighted by Crippen LogP contribution is 2.20. The maximum absolute atomic E-state index is 11.7. The fraction of sp³-hybridized carbons (Fsp3) is 0.350. The largest absolute Gasteiger partial charge is 0.370 e. The number of sulfone groups is 1. The first-order valence-corrected chi connectivity index (χ1v) is 10.6. The molecular formula is C20H27N3O2S. The van der Waals surface area contributed by atoms with Gasteiger partial charge in [-0.1, -0.05) is 38.1 Å². The Hall–Kier alpha value is -2.34. The number of aliphatic imine (C=N–C) groups is 1. The van der Waals surface area contributed by atoms with Gasteiger partial charge in [0.25, 0.3) is 0 Å². The molecule has 0 aliphatic heterocycles. The van der Waals surface area contributed by atoms with Crippen molar-refractivity contribution in [2.24, 2.45) is 10.7 Å². The zero-order chi connectivity index (χ0) is 19.3. The fourth-order valence-corrected chi connectivity index (χ4v) is 3.68. The van der Waals surface area contributed by atoms with Crippen LogP contribution in [0.15, 0.2) is 52.4 Å². The Balaban J connectivity index is 2.03. The molecule has 1 atom stereocenters. The standard InChI is InChI=1S/C20H27N3O2S/c1-5-14(2)17-7-9-18(10-8-17)23-20(21)22-13-16-6-11-19(15(3)12-16)26(4,24)25/h6-12,14H,5,13H2,1-4H3,(H3,21,22,23). The summed E-state index contributed by atoms with van der Waals surface area (Å²) in [5.41, 5.74) is 9.77. The van der Waals surface area contributed by atoms with Crippen LogP contribution in [0, 0.1) is 6.92 Å². The van der Waals surface area contributed by atoms with Crippen LogP contribution in [0.2, 0.25) is 0 Å². The second-order valence-electron chi connectivity index (χ2n) is 6.63. The Labute approximate surface area is 156 Å². The van der Waals surface area contributed by atoms with E-state index in [-0.39, 0.29) is 0 Å². The minimum Gasteiger partial charge on any atom is -0.370 e. The number of guanidine groups is 1. The summed E-state index contributed by atoms with van der Waals surface area (Å²) in [5.74, 6) is 0.861. The van der Waals surface area contributed by atoms with Crippen LogP contribution in [-0.2, 0) is 16.4 Å². The van der Waals surface area contributed by atoms with Gasteiger partial charge in [0.15, 0.2) is 15.8 Å². The van der Waals surface area contributed by atoms with E-state index < -0.39 is 9.84 Å². The van der Waals surface area contributed by atoms with Crippen molar-refractivity contribution in [3.63, 3.8) is 0 Å². The van der Waals surface area contributed by atoms with Crippen LogP contribution in [0.1, 0.15) is 42.9 Å². The lowest BCUT2D eigenvalue weighted by Crippen LogP contribution is -2.22. The van der Waals surface area contributed by atoms with Crippen molar-refractivity contribution in [2.75, 3.05) is 11.6 Å². The first-order chi connectivity index (χ1) is 12.2. The molecule has 0 aliphatic carbocycles. The Morgan fingerprint density at radius 2 is 1.85 bits per heavy atom. The van der Waals surface area contributed by atoms with Gasteiger partial charge in [0, 0.05) is 11.9 Å². The number of rotatable bonds is 6. The van der Waals surface area contributed by atoms with Crippen molar-refractivity contribution in [1.29, 1.82) is 0 Å². The molecule has 5 nitrogen and oxygen atoms in total. The van der Waals surface area contributed by atoms with Crippen LogP contribution >= 0.6 is 0 Å². The number of benzene rings is 2. The maximum atomic E-state index is 11.7. The zero-order valence-electron chi connectivity index (χ0n) is 15.8. The van der Waals surface area contributed by atoms with E-state index in [2.05, 4.69) is 36.3 Å². The first-order valence-electron chi connectivity index (χ1n) is 8.67. The molecule has 0 aromatic heterocycles. The minimum atomic E-state index is -3.21. The average Bonchev–Trinajstić information content (AvgIpc) is 2.59. The molecule has 0 heterocycles. The number of nitrogens with zero attached hydrogens (tertiary/aromatic N) is 1. The van der Waals surface area contributed by atoms with Crippen molar-refractivity contribution in [3.05, 3.63) is 59.2 Å². The van der Waals surface area contributed by atoms with Crippen LogP contribution in [0.25, 0.3) is 0 Å². The highest BCUT2D eigenvalue weighted by Gasteiger charge is 2.10. The molecule has 26 heavy (non-hydrogen) atoms. The molecule has 140 valence electrons. The van der Waals surface area contributed by atoms with Gasteiger partial charge in [-0.15, -0.1) is 0 Å². The topological polar surface area (TPSA) is 84.5 Å². The molecule has 0 radical (unpaired) electrons. The van der Waals surface area contributed by atoms with Crippen molar-refractivity contribution >= 4 is 21.5 Å². The summed E-state index contributed by atoms with van der Waals surface area (Å²) in [4.78, 5) is 4.68. The smallest absolute Gasteiger partial charge is 0.193 e. The molecule has 0 spiro atoms. The maximum Gasteiger partial charge on any atom is 0.193 e. The predicted octanol–water partition coefficient (Wildman–Crippen LogP) is 3.84. The molecule has 1 unspecified atom stereocenters. The zero-order valence-corrected chi connectivity index (χ0v) is 16.6. The first kappa shape index (κ1) is 20.0. The molecule has 0 bridgehead atoms. The van der Waals surface area contributed by atoms with Gasteiger partial charge >= 0.3 is 0 Å². The second kappa shape index (κ2) is 8.36. The summed E-state index contributed by atoms with van der Waals surface area (Å²) >= 11 is 0. The van der Waals surface area contributed by atoms with Crippen LogP contribution in [-0.4, -0.2) is 20.6 Å². The summed E-state index contributed by atoms with van der Waals surface area (Å²) in [7, 11) is -3.21. The number of hydrogen-bond acceptors (Lipinski definition) is 3. The molecule has 3 N–H and O–H groups in total. The highest BCUT2D eigenvalue weighted by atomic mass is 32.2. The van der Waals surface area contributed by atoms with Gasteiger partial charge in [-0.2, -0.15) is 0 Å². The van der Waals surface area contributed by atoms with Gasteiger partial charge in [0.05, 0.1) is 11.4 Å². The molecule has 2 aromatic rings. The summed E-state index contributed by atoms with van der Waals surface area (Å²) in [6.45, 7) is 6.54. The lowest BCUT2D eigenvalue weighted by Gasteiger charge is -2.11. The van der Waals surface area contributed by atoms with E-state index in [9.17, 15) is 8.42 Å². The van der Waals surface area contributed by atoms with Crippen molar-refractivity contribution in [1.82, 2.24) is 0 Å². The second-order valence-corrected chi connectivity index (χ2v) is 8.61. The summed E-state index contributed by atoms with van der Waals surface area (Å²) in [6, 6.07) is 13.4. The molecule has 0 fully saturated rings. The normalized spacial score (nSPS) is 13.5. The Morgan fingerprint density at radius 1 is 1.19 bits per heavy atom. The Kier molecular flexibility index (Phi) is 6.42. The van der Waals surface area contributed by atoms with Crippen LogP contribution in [0.4, 0.5) is 5.69 Å². The van der Waals surface area contributed by atoms with Crippen molar-refractivity contribution < 1.29 is 8.42 Å². The van der Waals surface area contributed by atoms with E-state index in [1.54, 1.807) is 19.1 Å². The third kappa shape index (κ3) is 5.33. The summed E-state index contributed by atoms with van der Waals surface area (Å²) in [6.07, 6.45) is 2.31. The average molecular weight is 374 g/mol. The Morgan fingerprint density at radius 3 is 2.38 bits per heavy atom. The third-order valence-corrected chi connectivity index (χ3v) is 5.69. The van der Waals surface area contributed by atoms with Gasteiger partial charge in [-0.05, 0) is 54.2 Å². The molecule has 2 rings (SSSR count). The number of anilines is 1. The monoisotopic (exact) mass is 373 g/mol. The molecule has 0 aliphatic rings. The van der Waals surface area contributed by atoms with E-state index in [0.717, 1.165) is 17.7 Å². The van der Waals surface area contributed by atoms with Gasteiger partial charge in [0.2, 0.25) is 0 Å². The van der Waals surface area contributed by atoms with E-state index in [1.807, 2.05) is 18.2 Å². The van der Waals surface area contributed by atoms with Crippen LogP contribution in [0.3, 0.4) is 0 Å². The van der Waals surface area contributed by atoms with E-state index in [0.29, 0.717) is 28.9 Å². The summed E-state index contributed by atoms with van der Waals surface area (Å²) < 4.78 is 23.3. The van der Waals surface area contributed by atoms with E-state index >= 15 is 0 Å². The van der Waals surface area contributed by atoms with Crippen LogP contribution in [0.5, 0.6) is 0 Å². The highest BCUT2D eigenvalue weighted by molar-refractivity contribution is 7.90. The number of aryl methyl sites for hydroxylation is 1. The molecule has 0 saturated heterocycles. The molecule has 2 aromatic carbocycles. The number of nitrogens with one attached hydrogen (secondary N) is 1. The molecular weight excluding hydrogens is 346 g/mol. The molecule has 0 amide bonds. The van der Waals surface area contributed by atoms with E-state index in [1.165, 1.54) is 11.8 Å². The lowest BCUT2D eigenvalue weighted by atomic mass is 9.99. The molecule has 6 heteroatoms.